The number of carbonyl (C=O) groups excluding carboxylic acids is 1. The summed E-state index contributed by atoms with van der Waals surface area (Å²) in [6.07, 6.45) is 6.19. The minimum atomic E-state index is -0.962. The van der Waals surface area contributed by atoms with Gasteiger partial charge in [0.05, 0.1) is 17.8 Å². The number of aromatic nitrogens is 1. The van der Waals surface area contributed by atoms with Crippen molar-refractivity contribution in [3.05, 3.63) is 89.0 Å². The van der Waals surface area contributed by atoms with Gasteiger partial charge in [-0.05, 0) is 66.3 Å². The zero-order valence-electron chi connectivity index (χ0n) is 20.7. The number of carbonyl (C=O) groups is 2. The lowest BCUT2D eigenvalue weighted by Crippen LogP contribution is -2.22. The van der Waals surface area contributed by atoms with Crippen LogP contribution in [-0.2, 0) is 13.1 Å². The number of aromatic carboxylic acids is 1. The van der Waals surface area contributed by atoms with Crippen LogP contribution in [0.5, 0.6) is 5.75 Å². The second-order valence-corrected chi connectivity index (χ2v) is 10.0. The van der Waals surface area contributed by atoms with Crippen molar-refractivity contribution in [2.75, 3.05) is 6.61 Å². The quantitative estimate of drug-likeness (QED) is 0.338. The topological polar surface area (TPSA) is 80.6 Å². The van der Waals surface area contributed by atoms with Crippen LogP contribution in [0.25, 0.3) is 22.2 Å². The van der Waals surface area contributed by atoms with E-state index in [4.69, 9.17) is 9.84 Å². The zero-order valence-corrected chi connectivity index (χ0v) is 20.7. The minimum Gasteiger partial charge on any atom is -0.491 e. The van der Waals surface area contributed by atoms with E-state index < -0.39 is 5.97 Å². The molecule has 0 radical (unpaired) electrons. The summed E-state index contributed by atoms with van der Waals surface area (Å²) in [4.78, 5) is 24.2. The van der Waals surface area contributed by atoms with Crippen molar-refractivity contribution >= 4 is 22.8 Å². The molecule has 2 aliphatic rings. The van der Waals surface area contributed by atoms with Gasteiger partial charge in [-0.2, -0.15) is 0 Å². The van der Waals surface area contributed by atoms with E-state index in [1.54, 1.807) is 24.3 Å². The van der Waals surface area contributed by atoms with Gasteiger partial charge in [-0.3, -0.25) is 4.79 Å². The smallest absolute Gasteiger partial charge is 0.335 e. The van der Waals surface area contributed by atoms with E-state index in [0.717, 1.165) is 28.9 Å². The second kappa shape index (κ2) is 9.77. The minimum absolute atomic E-state index is 0.149. The predicted octanol–water partition coefficient (Wildman–Crippen LogP) is 6.38. The third kappa shape index (κ3) is 4.37. The van der Waals surface area contributed by atoms with Gasteiger partial charge in [-0.15, -0.1) is 0 Å². The molecule has 37 heavy (non-hydrogen) atoms. The van der Waals surface area contributed by atoms with Crippen molar-refractivity contribution < 1.29 is 19.4 Å². The number of hydrogen-bond donors (Lipinski definition) is 2. The van der Waals surface area contributed by atoms with Crippen LogP contribution in [0, 0.1) is 0 Å². The maximum atomic E-state index is 13.1. The maximum Gasteiger partial charge on any atom is 0.335 e. The van der Waals surface area contributed by atoms with Gasteiger partial charge >= 0.3 is 5.97 Å². The fourth-order valence-corrected chi connectivity index (χ4v) is 5.93. The molecule has 0 unspecified atom stereocenters. The average Bonchev–Trinajstić information content (AvgIpc) is 3.13. The average molecular weight is 495 g/mol. The largest absolute Gasteiger partial charge is 0.491 e. The molecule has 2 heterocycles. The number of nitrogens with zero attached hydrogens (tertiary/aromatic N) is 1. The summed E-state index contributed by atoms with van der Waals surface area (Å²) in [6, 6.07) is 20.9. The summed E-state index contributed by atoms with van der Waals surface area (Å²) < 4.78 is 8.49. The monoisotopic (exact) mass is 494 g/mol. The van der Waals surface area contributed by atoms with Crippen molar-refractivity contribution in [1.29, 1.82) is 0 Å². The van der Waals surface area contributed by atoms with Crippen LogP contribution >= 0.6 is 0 Å². The number of benzene rings is 3. The van der Waals surface area contributed by atoms with Gasteiger partial charge in [0.25, 0.3) is 5.91 Å². The molecule has 2 N–H and O–H groups in total. The van der Waals surface area contributed by atoms with Crippen molar-refractivity contribution in [2.45, 2.75) is 51.1 Å². The highest BCUT2D eigenvalue weighted by molar-refractivity contribution is 6.01. The Bertz CT molecular complexity index is 1480. The fraction of sp³-hybridized carbons (Fsp3) is 0.290. The predicted molar refractivity (Wildman–Crippen MR) is 143 cm³/mol. The number of amides is 1. The molecule has 0 bridgehead atoms. The van der Waals surface area contributed by atoms with Crippen LogP contribution in [0.2, 0.25) is 0 Å². The number of ether oxygens (including phenoxy) is 1. The first-order chi connectivity index (χ1) is 18.1. The van der Waals surface area contributed by atoms with E-state index in [2.05, 4.69) is 34.1 Å². The summed E-state index contributed by atoms with van der Waals surface area (Å²) in [5, 5.41) is 13.3. The molecule has 0 saturated heterocycles. The number of hydrogen-bond acceptors (Lipinski definition) is 3. The van der Waals surface area contributed by atoms with E-state index in [1.807, 2.05) is 18.2 Å². The van der Waals surface area contributed by atoms with Crippen molar-refractivity contribution in [3.8, 4) is 17.0 Å². The molecule has 1 aliphatic carbocycles. The molecule has 1 saturated carbocycles. The number of carboxylic acid groups (broad SMARTS) is 1. The highest BCUT2D eigenvalue weighted by Crippen LogP contribution is 2.47. The Morgan fingerprint density at radius 3 is 2.49 bits per heavy atom. The van der Waals surface area contributed by atoms with Crippen molar-refractivity contribution in [3.63, 3.8) is 0 Å². The van der Waals surface area contributed by atoms with Crippen LogP contribution in [-0.4, -0.2) is 28.2 Å². The Hall–Kier alpha value is -4.06. The summed E-state index contributed by atoms with van der Waals surface area (Å²) in [5.41, 5.74) is 6.55. The Morgan fingerprint density at radius 1 is 0.946 bits per heavy atom. The molecule has 0 spiro atoms. The molecule has 1 aromatic heterocycles. The first kappa shape index (κ1) is 23.3. The fourth-order valence-electron chi connectivity index (χ4n) is 5.93. The SMILES string of the molecule is O=C(O)c1ccc(CNC(=O)c2ccc3c(C4CCCCC4)c4n(c3c2)CCOc2ccccc2-4)cc1. The molecule has 6 heteroatoms. The molecule has 4 aromatic rings. The third-order valence-electron chi connectivity index (χ3n) is 7.75. The van der Waals surface area contributed by atoms with E-state index in [1.165, 1.54) is 48.7 Å². The van der Waals surface area contributed by atoms with Gasteiger partial charge in [-0.1, -0.05) is 49.6 Å². The van der Waals surface area contributed by atoms with Gasteiger partial charge in [0, 0.05) is 28.6 Å². The molecule has 188 valence electrons. The number of nitrogens with one attached hydrogen (secondary N) is 1. The number of carboxylic acids is 1. The lowest BCUT2D eigenvalue weighted by Gasteiger charge is -2.23. The normalized spacial score (nSPS) is 15.4. The molecule has 0 atom stereocenters. The molecular weight excluding hydrogens is 464 g/mol. The van der Waals surface area contributed by atoms with Gasteiger partial charge in [-0.25, -0.2) is 4.79 Å². The van der Waals surface area contributed by atoms with E-state index >= 15 is 0 Å². The third-order valence-corrected chi connectivity index (χ3v) is 7.75. The molecule has 6 nitrogen and oxygen atoms in total. The van der Waals surface area contributed by atoms with E-state index in [9.17, 15) is 9.59 Å². The molecule has 1 aliphatic heterocycles. The molecule has 3 aromatic carbocycles. The highest BCUT2D eigenvalue weighted by atomic mass is 16.5. The molecule has 1 amide bonds. The van der Waals surface area contributed by atoms with Gasteiger partial charge < -0.3 is 19.7 Å². The summed E-state index contributed by atoms with van der Waals surface area (Å²) in [6.45, 7) is 1.65. The van der Waals surface area contributed by atoms with Crippen molar-refractivity contribution in [2.24, 2.45) is 0 Å². The Labute approximate surface area is 215 Å². The van der Waals surface area contributed by atoms with Crippen LogP contribution in [0.3, 0.4) is 0 Å². The summed E-state index contributed by atoms with van der Waals surface area (Å²) in [7, 11) is 0. The zero-order chi connectivity index (χ0) is 25.4. The van der Waals surface area contributed by atoms with E-state index in [0.29, 0.717) is 24.6 Å². The summed E-state index contributed by atoms with van der Waals surface area (Å²) in [5.74, 6) is 0.320. The molecular formula is C31H30N2O4. The Kier molecular flexibility index (Phi) is 6.16. The van der Waals surface area contributed by atoms with Gasteiger partial charge in [0.2, 0.25) is 0 Å². The number of fused-ring (bicyclic) bond motifs is 5. The van der Waals surface area contributed by atoms with Gasteiger partial charge in [0.15, 0.2) is 0 Å². The first-order valence-electron chi connectivity index (χ1n) is 13.1. The second-order valence-electron chi connectivity index (χ2n) is 10.0. The Morgan fingerprint density at radius 2 is 1.70 bits per heavy atom. The lowest BCUT2D eigenvalue weighted by molar-refractivity contribution is 0.0696. The lowest BCUT2D eigenvalue weighted by atomic mass is 9.81. The number of rotatable bonds is 5. The van der Waals surface area contributed by atoms with Crippen LogP contribution in [0.15, 0.2) is 66.7 Å². The number of para-hydroxylation sites is 1. The van der Waals surface area contributed by atoms with Crippen LogP contribution in [0.1, 0.15) is 69.9 Å². The first-order valence-corrected chi connectivity index (χ1v) is 13.1. The Balaban J connectivity index is 1.37. The van der Waals surface area contributed by atoms with Crippen LogP contribution in [0.4, 0.5) is 0 Å². The molecule has 6 rings (SSSR count). The molecule has 1 fully saturated rings. The van der Waals surface area contributed by atoms with E-state index in [-0.39, 0.29) is 11.5 Å². The highest BCUT2D eigenvalue weighted by Gasteiger charge is 2.29. The van der Waals surface area contributed by atoms with Crippen LogP contribution < -0.4 is 10.1 Å². The summed E-state index contributed by atoms with van der Waals surface area (Å²) >= 11 is 0. The standard InChI is InChI=1S/C31H30N2O4/c34-30(32-19-20-10-12-22(13-11-20)31(35)36)23-14-15-24-26(18-23)33-16-17-37-27-9-5-4-8-25(27)29(33)28(24)21-6-2-1-3-7-21/h4-5,8-15,18,21H,1-3,6-7,16-17,19H2,(H,32,34)(H,35,36). The maximum absolute atomic E-state index is 13.1. The van der Waals surface area contributed by atoms with Crippen molar-refractivity contribution in [1.82, 2.24) is 9.88 Å². The van der Waals surface area contributed by atoms with Gasteiger partial charge in [0.1, 0.15) is 12.4 Å².